The van der Waals surface area contributed by atoms with Crippen LogP contribution in [-0.4, -0.2) is 24.5 Å². The van der Waals surface area contributed by atoms with Gasteiger partial charge in [0.15, 0.2) is 0 Å². The zero-order chi connectivity index (χ0) is 12.7. The van der Waals surface area contributed by atoms with Crippen molar-refractivity contribution >= 4 is 18.1 Å². The van der Waals surface area contributed by atoms with Crippen LogP contribution in [0.5, 0.6) is 0 Å². The molecule has 4 rings (SSSR count). The van der Waals surface area contributed by atoms with Crippen LogP contribution in [0.3, 0.4) is 0 Å². The fourth-order valence-electron chi connectivity index (χ4n) is 3.32. The molecule has 1 aromatic rings. The number of halogens is 1. The van der Waals surface area contributed by atoms with Crippen molar-refractivity contribution in [2.45, 2.75) is 38.6 Å². The van der Waals surface area contributed by atoms with Gasteiger partial charge in [0, 0.05) is 31.9 Å². The summed E-state index contributed by atoms with van der Waals surface area (Å²) in [6.07, 6.45) is 7.06. The monoisotopic (exact) mass is 292 g/mol. The third-order valence-corrected chi connectivity index (χ3v) is 4.75. The molecule has 1 N–H and O–H groups in total. The predicted molar refractivity (Wildman–Crippen MR) is 86.6 cm³/mol. The van der Waals surface area contributed by atoms with Crippen LogP contribution < -0.4 is 5.32 Å². The van der Waals surface area contributed by atoms with E-state index in [4.69, 9.17) is 0 Å². The summed E-state index contributed by atoms with van der Waals surface area (Å²) in [5.74, 6) is 2.01. The van der Waals surface area contributed by atoms with Crippen molar-refractivity contribution in [1.82, 2.24) is 4.90 Å². The number of rotatable bonds is 6. The fraction of sp³-hybridized carbons (Fsp3) is 0.647. The standard InChI is InChI=1S/C17H24N2.ClH/c1-2-15-8-9-18-17(15)16(3-1)12-19(10-13-4-5-13)11-14-6-7-14;/h1-3,13-14,18H,4-12H2;1H. The summed E-state index contributed by atoms with van der Waals surface area (Å²) in [6, 6.07) is 6.85. The van der Waals surface area contributed by atoms with Crippen LogP contribution in [0, 0.1) is 11.8 Å². The maximum absolute atomic E-state index is 3.59. The van der Waals surface area contributed by atoms with Gasteiger partial charge in [0.1, 0.15) is 0 Å². The molecule has 3 aliphatic rings. The molecule has 2 fully saturated rings. The molecular weight excluding hydrogens is 268 g/mol. The summed E-state index contributed by atoms with van der Waals surface area (Å²) in [5, 5.41) is 3.59. The van der Waals surface area contributed by atoms with Gasteiger partial charge in [-0.25, -0.2) is 0 Å². The molecule has 3 heteroatoms. The number of fused-ring (bicyclic) bond motifs is 1. The zero-order valence-corrected chi connectivity index (χ0v) is 12.9. The molecule has 2 saturated carbocycles. The first-order valence-corrected chi connectivity index (χ1v) is 7.95. The highest BCUT2D eigenvalue weighted by atomic mass is 35.5. The van der Waals surface area contributed by atoms with Crippen molar-refractivity contribution in [1.29, 1.82) is 0 Å². The first-order chi connectivity index (χ1) is 9.38. The van der Waals surface area contributed by atoms with E-state index in [-0.39, 0.29) is 12.4 Å². The van der Waals surface area contributed by atoms with E-state index in [9.17, 15) is 0 Å². The van der Waals surface area contributed by atoms with Gasteiger partial charge in [0.05, 0.1) is 0 Å². The van der Waals surface area contributed by atoms with Crippen LogP contribution in [-0.2, 0) is 13.0 Å². The highest BCUT2D eigenvalue weighted by Crippen LogP contribution is 2.35. The minimum absolute atomic E-state index is 0. The number of hydrogen-bond donors (Lipinski definition) is 1. The molecule has 0 amide bonds. The Kier molecular flexibility index (Phi) is 4.23. The quantitative estimate of drug-likeness (QED) is 0.860. The van der Waals surface area contributed by atoms with Gasteiger partial charge in [0.25, 0.3) is 0 Å². The van der Waals surface area contributed by atoms with Crippen molar-refractivity contribution in [3.63, 3.8) is 0 Å². The molecule has 0 aromatic heterocycles. The Labute approximate surface area is 128 Å². The van der Waals surface area contributed by atoms with Crippen molar-refractivity contribution in [2.75, 3.05) is 25.0 Å². The second-order valence-corrected chi connectivity index (χ2v) is 6.71. The van der Waals surface area contributed by atoms with E-state index in [1.54, 1.807) is 0 Å². The molecule has 1 heterocycles. The Morgan fingerprint density at radius 2 is 1.75 bits per heavy atom. The van der Waals surface area contributed by atoms with Gasteiger partial charge < -0.3 is 5.32 Å². The predicted octanol–water partition coefficient (Wildman–Crippen LogP) is 3.70. The lowest BCUT2D eigenvalue weighted by atomic mass is 10.1. The number of anilines is 1. The van der Waals surface area contributed by atoms with Gasteiger partial charge in [-0.2, -0.15) is 0 Å². The van der Waals surface area contributed by atoms with Crippen LogP contribution in [0.4, 0.5) is 5.69 Å². The van der Waals surface area contributed by atoms with Crippen molar-refractivity contribution < 1.29 is 0 Å². The Hall–Kier alpha value is -0.730. The first kappa shape index (κ1) is 14.2. The van der Waals surface area contributed by atoms with Crippen LogP contribution in [0.2, 0.25) is 0 Å². The van der Waals surface area contributed by atoms with E-state index in [0.717, 1.165) is 24.9 Å². The van der Waals surface area contributed by atoms with Gasteiger partial charge in [0.2, 0.25) is 0 Å². The van der Waals surface area contributed by atoms with Gasteiger partial charge >= 0.3 is 0 Å². The Bertz CT molecular complexity index is 452. The normalized spacial score (nSPS) is 20.4. The average Bonchev–Trinajstić information content (AvgIpc) is 3.32. The van der Waals surface area contributed by atoms with E-state index in [1.807, 2.05) is 0 Å². The SMILES string of the molecule is Cl.c1cc2c(c(CN(CC3CC3)CC3CC3)c1)NCC2. The van der Waals surface area contributed by atoms with Crippen LogP contribution in [0.25, 0.3) is 0 Å². The van der Waals surface area contributed by atoms with Crippen molar-refractivity contribution in [2.24, 2.45) is 11.8 Å². The first-order valence-electron chi connectivity index (χ1n) is 7.95. The van der Waals surface area contributed by atoms with Gasteiger partial charge in [-0.15, -0.1) is 12.4 Å². The lowest BCUT2D eigenvalue weighted by Gasteiger charge is -2.23. The minimum Gasteiger partial charge on any atom is -0.384 e. The van der Waals surface area contributed by atoms with E-state index in [0.29, 0.717) is 0 Å². The number of benzene rings is 1. The molecule has 0 saturated heterocycles. The molecule has 0 bridgehead atoms. The van der Waals surface area contributed by atoms with Crippen molar-refractivity contribution in [3.05, 3.63) is 29.3 Å². The molecule has 0 unspecified atom stereocenters. The molecule has 1 aliphatic heterocycles. The Balaban J connectivity index is 0.00000121. The summed E-state index contributed by atoms with van der Waals surface area (Å²) in [4.78, 5) is 2.73. The summed E-state index contributed by atoms with van der Waals surface area (Å²) in [5.41, 5.74) is 4.49. The maximum atomic E-state index is 3.59. The van der Waals surface area contributed by atoms with Gasteiger partial charge in [-0.1, -0.05) is 18.2 Å². The molecule has 20 heavy (non-hydrogen) atoms. The summed E-state index contributed by atoms with van der Waals surface area (Å²) >= 11 is 0. The molecule has 2 aliphatic carbocycles. The molecule has 2 nitrogen and oxygen atoms in total. The second kappa shape index (κ2) is 5.95. The summed E-state index contributed by atoms with van der Waals surface area (Å²) in [6.45, 7) is 4.95. The zero-order valence-electron chi connectivity index (χ0n) is 12.1. The topological polar surface area (TPSA) is 15.3 Å². The number of nitrogens with one attached hydrogen (secondary N) is 1. The number of hydrogen-bond acceptors (Lipinski definition) is 2. The summed E-state index contributed by atoms with van der Waals surface area (Å²) < 4.78 is 0. The average molecular weight is 293 g/mol. The molecule has 0 atom stereocenters. The lowest BCUT2D eigenvalue weighted by molar-refractivity contribution is 0.244. The Morgan fingerprint density at radius 1 is 1.05 bits per heavy atom. The van der Waals surface area contributed by atoms with Crippen molar-refractivity contribution in [3.8, 4) is 0 Å². The largest absolute Gasteiger partial charge is 0.384 e. The van der Waals surface area contributed by atoms with E-state index >= 15 is 0 Å². The highest BCUT2D eigenvalue weighted by molar-refractivity contribution is 5.85. The smallest absolute Gasteiger partial charge is 0.0419 e. The number of nitrogens with zero attached hydrogens (tertiary/aromatic N) is 1. The van der Waals surface area contributed by atoms with E-state index in [1.165, 1.54) is 62.0 Å². The van der Waals surface area contributed by atoms with Gasteiger partial charge in [-0.05, 0) is 55.1 Å². The van der Waals surface area contributed by atoms with Gasteiger partial charge in [-0.3, -0.25) is 4.90 Å². The van der Waals surface area contributed by atoms with Crippen LogP contribution in [0.1, 0.15) is 36.8 Å². The number of para-hydroxylation sites is 1. The van der Waals surface area contributed by atoms with E-state index in [2.05, 4.69) is 28.4 Å². The maximum Gasteiger partial charge on any atom is 0.0419 e. The lowest BCUT2D eigenvalue weighted by Crippen LogP contribution is -2.28. The molecular formula is C17H25ClN2. The molecule has 110 valence electrons. The minimum atomic E-state index is 0. The highest BCUT2D eigenvalue weighted by Gasteiger charge is 2.29. The second-order valence-electron chi connectivity index (χ2n) is 6.71. The fourth-order valence-corrected chi connectivity index (χ4v) is 3.32. The molecule has 1 aromatic carbocycles. The third-order valence-electron chi connectivity index (χ3n) is 4.75. The molecule has 0 radical (unpaired) electrons. The summed E-state index contributed by atoms with van der Waals surface area (Å²) in [7, 11) is 0. The van der Waals surface area contributed by atoms with E-state index < -0.39 is 0 Å². The Morgan fingerprint density at radius 3 is 2.40 bits per heavy atom. The van der Waals surface area contributed by atoms with Crippen LogP contribution >= 0.6 is 12.4 Å². The third kappa shape index (κ3) is 3.29. The van der Waals surface area contributed by atoms with Crippen LogP contribution in [0.15, 0.2) is 18.2 Å². The molecule has 0 spiro atoms.